The summed E-state index contributed by atoms with van der Waals surface area (Å²) in [6.07, 6.45) is 0. The first-order chi connectivity index (χ1) is 7.70. The van der Waals surface area contributed by atoms with Crippen LogP contribution in [0.15, 0.2) is 24.3 Å². The summed E-state index contributed by atoms with van der Waals surface area (Å²) in [4.78, 5) is 12.4. The minimum atomic E-state index is -10.7. The number of nitrogens with zero attached hydrogens (tertiary/aromatic N) is 3. The molecule has 0 bridgehead atoms. The van der Waals surface area contributed by atoms with Gasteiger partial charge in [-0.05, 0) is 0 Å². The summed E-state index contributed by atoms with van der Waals surface area (Å²) in [5.74, 6) is 0. The molecule has 1 rings (SSSR count). The van der Waals surface area contributed by atoms with Crippen LogP contribution in [0.3, 0.4) is 0 Å². The second-order valence-electron chi connectivity index (χ2n) is 2.80. The third-order valence-electron chi connectivity index (χ3n) is 1.19. The Hall–Kier alpha value is -1.95. The molecular weight excluding hydrogens is 291 g/mol. The van der Waals surface area contributed by atoms with Gasteiger partial charge in [-0.1, -0.05) is 12.1 Å². The van der Waals surface area contributed by atoms with Crippen LogP contribution in [-0.2, 0) is 0 Å². The van der Waals surface area contributed by atoms with Gasteiger partial charge in [0, 0.05) is 12.1 Å². The Balaban J connectivity index is 0.000000360. The number of halogens is 6. The molecule has 0 saturated heterocycles. The van der Waals surface area contributed by atoms with Crippen molar-refractivity contribution < 1.29 is 30.1 Å². The van der Waals surface area contributed by atoms with E-state index < -0.39 is 12.7 Å². The number of para-hydroxylation sites is 1. The van der Waals surface area contributed by atoms with Crippen LogP contribution in [0.1, 0.15) is 0 Å². The van der Waals surface area contributed by atoms with E-state index in [1.807, 2.05) is 0 Å². The van der Waals surface area contributed by atoms with Gasteiger partial charge in [-0.3, -0.25) is 10.1 Å². The number of hydrogen-bond acceptors (Lipinski definition) is 3. The quantitative estimate of drug-likeness (QED) is 0.227. The second-order valence-corrected chi connectivity index (χ2v) is 4.72. The van der Waals surface area contributed by atoms with Gasteiger partial charge in [-0.15, -0.1) is 0 Å². The minimum absolute atomic E-state index is 0.0301. The second kappa shape index (κ2) is 4.06. The predicted molar refractivity (Wildman–Crippen MR) is 51.4 cm³/mol. The molecule has 0 atom stereocenters. The summed E-state index contributed by atoms with van der Waals surface area (Å²) in [6.45, 7) is 0. The van der Waals surface area contributed by atoms with Crippen LogP contribution in [-0.4, -0.2) is 4.92 Å². The van der Waals surface area contributed by atoms with Crippen molar-refractivity contribution in [3.05, 3.63) is 39.4 Å². The Morgan fingerprint density at radius 2 is 1.50 bits per heavy atom. The molecule has 0 saturated carbocycles. The maximum atomic E-state index is 10.2. The molecule has 18 heavy (non-hydrogen) atoms. The zero-order valence-electron chi connectivity index (χ0n) is 8.18. The van der Waals surface area contributed by atoms with E-state index in [1.54, 1.807) is 6.07 Å². The van der Waals surface area contributed by atoms with E-state index in [2.05, 4.69) is 4.98 Å². The molecule has 12 heteroatoms. The molecule has 1 aromatic carbocycles. The van der Waals surface area contributed by atoms with E-state index in [0.29, 0.717) is 0 Å². The first-order valence-electron chi connectivity index (χ1n) is 3.85. The van der Waals surface area contributed by atoms with Gasteiger partial charge in [0.2, 0.25) is 5.39 Å². The largest absolute Gasteiger partial charge is 0.461 e. The molecule has 0 amide bonds. The summed E-state index contributed by atoms with van der Waals surface area (Å²) in [5, 5.41) is 18.5. The molecular formula is C6H4F6N3O2P. The smallest absolute Gasteiger partial charge is 0.258 e. The molecule has 0 spiro atoms. The average molecular weight is 295 g/mol. The number of benzene rings is 1. The number of hydrogen-bond donors (Lipinski definition) is 0. The Morgan fingerprint density at radius 3 is 1.78 bits per heavy atom. The molecule has 5 nitrogen and oxygen atoms in total. The van der Waals surface area contributed by atoms with Crippen LogP contribution in [0.2, 0.25) is 0 Å². The van der Waals surface area contributed by atoms with Crippen molar-refractivity contribution in [2.45, 2.75) is 0 Å². The molecule has 102 valence electrons. The van der Waals surface area contributed by atoms with E-state index in [9.17, 15) is 35.3 Å². The summed E-state index contributed by atoms with van der Waals surface area (Å²) in [5.41, 5.74) is -0.229. The predicted octanol–water partition coefficient (Wildman–Crippen LogP) is 5.46. The van der Waals surface area contributed by atoms with Crippen molar-refractivity contribution >= 4 is 19.2 Å². The van der Waals surface area contributed by atoms with E-state index in [1.165, 1.54) is 18.2 Å². The molecule has 0 aromatic heterocycles. The number of nitro groups is 1. The maximum absolute atomic E-state index is 10.7. The summed E-state index contributed by atoms with van der Waals surface area (Å²) < 4.78 is 59.2. The molecule has 0 unspecified atom stereocenters. The molecule has 1 aromatic rings. The van der Waals surface area contributed by atoms with Crippen molar-refractivity contribution in [3.63, 3.8) is 0 Å². The zero-order chi connectivity index (χ0) is 14.7. The third-order valence-corrected chi connectivity index (χ3v) is 1.19. The van der Waals surface area contributed by atoms with Gasteiger partial charge in [0.1, 0.15) is 0 Å². The van der Waals surface area contributed by atoms with E-state index in [0.717, 1.165) is 0 Å². The Morgan fingerprint density at radius 1 is 1.11 bits per heavy atom. The molecule has 0 N–H and O–H groups in total. The van der Waals surface area contributed by atoms with Crippen molar-refractivity contribution in [1.29, 1.82) is 5.39 Å². The molecule has 0 fully saturated rings. The van der Waals surface area contributed by atoms with E-state index in [4.69, 9.17) is 5.39 Å². The van der Waals surface area contributed by atoms with Crippen molar-refractivity contribution in [2.75, 3.05) is 0 Å². The van der Waals surface area contributed by atoms with Crippen LogP contribution >= 0.6 is 7.81 Å². The number of rotatable bonds is 1. The monoisotopic (exact) mass is 295 g/mol. The van der Waals surface area contributed by atoms with Gasteiger partial charge in [0.25, 0.3) is 0 Å². The summed E-state index contributed by atoms with van der Waals surface area (Å²) in [6, 6.07) is 5.70. The van der Waals surface area contributed by atoms with Gasteiger partial charge >= 0.3 is 44.4 Å². The summed E-state index contributed by atoms with van der Waals surface area (Å²) >= 11 is 0. The normalized spacial score (nSPS) is 14.3. The fourth-order valence-corrected chi connectivity index (χ4v) is 0.703. The number of diazo groups is 1. The molecule has 0 aliphatic rings. The minimum Gasteiger partial charge on any atom is -0.258 e. The fraction of sp³-hybridized carbons (Fsp3) is 0. The first-order valence-corrected chi connectivity index (χ1v) is 5.88. The van der Waals surface area contributed by atoms with Crippen molar-refractivity contribution in [1.82, 2.24) is 0 Å². The number of nitro benzene ring substituents is 1. The van der Waals surface area contributed by atoms with Crippen molar-refractivity contribution in [3.8, 4) is 0 Å². The average Bonchev–Trinajstić information content (AvgIpc) is 2.12. The van der Waals surface area contributed by atoms with E-state index >= 15 is 0 Å². The maximum Gasteiger partial charge on any atom is 0.461 e. The first kappa shape index (κ1) is 16.1. The Bertz CT molecular complexity index is 496. The Labute approximate surface area is 95.0 Å². The van der Waals surface area contributed by atoms with Crippen LogP contribution < -0.4 is 0 Å². The van der Waals surface area contributed by atoms with Gasteiger partial charge in [-0.25, -0.2) is 0 Å². The van der Waals surface area contributed by atoms with Crippen LogP contribution in [0.25, 0.3) is 4.98 Å². The van der Waals surface area contributed by atoms with Crippen LogP contribution in [0.5, 0.6) is 0 Å². The van der Waals surface area contributed by atoms with Crippen LogP contribution in [0.4, 0.5) is 36.6 Å². The molecule has 0 radical (unpaired) electrons. The zero-order valence-corrected chi connectivity index (χ0v) is 9.08. The molecule has 0 aliphatic carbocycles. The molecule has 0 heterocycles. The van der Waals surface area contributed by atoms with E-state index in [-0.39, 0.29) is 11.4 Å². The summed E-state index contributed by atoms with van der Waals surface area (Å²) in [7, 11) is -10.7. The third kappa shape index (κ3) is 10.6. The van der Waals surface area contributed by atoms with Crippen LogP contribution in [0, 0.1) is 15.5 Å². The Kier molecular flexibility index (Phi) is 3.62. The van der Waals surface area contributed by atoms with Gasteiger partial charge in [-0.2, -0.15) is 0 Å². The molecule has 0 aliphatic heterocycles. The van der Waals surface area contributed by atoms with Gasteiger partial charge in [0.05, 0.1) is 4.92 Å². The van der Waals surface area contributed by atoms with Gasteiger partial charge in [0.15, 0.2) is 4.98 Å². The standard InChI is InChI=1S/C6H4N3O2.F6P/c7-8-5-3-1-2-4-6(5)9(10)11;1-7(2,3,4,5)6/h1-4H;/q+1;-1. The van der Waals surface area contributed by atoms with Gasteiger partial charge < -0.3 is 0 Å². The topological polar surface area (TPSA) is 71.3 Å². The fourth-order valence-electron chi connectivity index (χ4n) is 0.703. The SMILES string of the molecule is F[P-](F)(F)(F)(F)F.N#[N+]c1ccccc1[N+](=O)[O-]. The van der Waals surface area contributed by atoms with Crippen molar-refractivity contribution in [2.24, 2.45) is 0 Å².